The fourth-order valence-corrected chi connectivity index (χ4v) is 3.10. The highest BCUT2D eigenvalue weighted by molar-refractivity contribution is 5.81. The number of hydrogen-bond acceptors (Lipinski definition) is 3. The number of pyridine rings is 1. The smallest absolute Gasteiger partial charge is 0.0346 e. The van der Waals surface area contributed by atoms with Gasteiger partial charge < -0.3 is 10.2 Å². The zero-order valence-corrected chi connectivity index (χ0v) is 12.2. The van der Waals surface area contributed by atoms with Gasteiger partial charge in [0.25, 0.3) is 0 Å². The molecule has 1 aromatic carbocycles. The Morgan fingerprint density at radius 3 is 3.15 bits per heavy atom. The van der Waals surface area contributed by atoms with Crippen molar-refractivity contribution in [3.63, 3.8) is 0 Å². The molecular formula is C17H23N3. The quantitative estimate of drug-likeness (QED) is 0.925. The molecule has 0 spiro atoms. The molecule has 3 rings (SSSR count). The van der Waals surface area contributed by atoms with Crippen molar-refractivity contribution in [3.05, 3.63) is 42.2 Å². The van der Waals surface area contributed by atoms with Crippen LogP contribution in [0.15, 0.2) is 36.7 Å². The van der Waals surface area contributed by atoms with Gasteiger partial charge in [0, 0.05) is 30.9 Å². The first-order chi connectivity index (χ1) is 9.81. The largest absolute Gasteiger partial charge is 0.312 e. The summed E-state index contributed by atoms with van der Waals surface area (Å²) < 4.78 is 0. The van der Waals surface area contributed by atoms with Crippen LogP contribution in [0, 0.1) is 5.92 Å². The van der Waals surface area contributed by atoms with Gasteiger partial charge in [0.2, 0.25) is 0 Å². The Morgan fingerprint density at radius 2 is 2.25 bits per heavy atom. The minimum atomic E-state index is 0.804. The molecule has 1 N–H and O–H groups in total. The SMILES string of the molecule is CN1CCCC(CNCc2ccc3cnccc3c2)C1. The van der Waals surface area contributed by atoms with E-state index in [-0.39, 0.29) is 0 Å². The number of likely N-dealkylation sites (tertiary alicyclic amines) is 1. The van der Waals surface area contributed by atoms with Crippen LogP contribution in [0.1, 0.15) is 18.4 Å². The van der Waals surface area contributed by atoms with E-state index in [0.717, 1.165) is 19.0 Å². The standard InChI is InChI=1S/C17H23N3/c1-20-8-2-3-15(13-20)11-19-10-14-4-5-17-12-18-7-6-16(17)9-14/h4-7,9,12,15,19H,2-3,8,10-11,13H2,1H3. The van der Waals surface area contributed by atoms with Crippen LogP contribution >= 0.6 is 0 Å². The van der Waals surface area contributed by atoms with Gasteiger partial charge in [-0.1, -0.05) is 12.1 Å². The average molecular weight is 269 g/mol. The molecule has 20 heavy (non-hydrogen) atoms. The number of nitrogens with one attached hydrogen (secondary N) is 1. The Balaban J connectivity index is 1.54. The van der Waals surface area contributed by atoms with Crippen molar-refractivity contribution in [2.24, 2.45) is 5.92 Å². The van der Waals surface area contributed by atoms with Gasteiger partial charge in [0.1, 0.15) is 0 Å². The van der Waals surface area contributed by atoms with Crippen molar-refractivity contribution >= 4 is 10.8 Å². The highest BCUT2D eigenvalue weighted by Crippen LogP contribution is 2.16. The summed E-state index contributed by atoms with van der Waals surface area (Å²) in [6.45, 7) is 4.57. The average Bonchev–Trinajstić information content (AvgIpc) is 2.47. The first kappa shape index (κ1) is 13.5. The molecular weight excluding hydrogens is 246 g/mol. The number of piperidine rings is 1. The van der Waals surface area contributed by atoms with Crippen molar-refractivity contribution in [1.29, 1.82) is 0 Å². The van der Waals surface area contributed by atoms with E-state index in [1.807, 2.05) is 12.4 Å². The van der Waals surface area contributed by atoms with Crippen LogP contribution in [0.25, 0.3) is 10.8 Å². The van der Waals surface area contributed by atoms with E-state index in [2.05, 4.69) is 46.5 Å². The topological polar surface area (TPSA) is 28.2 Å². The summed E-state index contributed by atoms with van der Waals surface area (Å²) in [5, 5.41) is 6.10. The Hall–Kier alpha value is -1.45. The van der Waals surface area contributed by atoms with Crippen LogP contribution in [-0.4, -0.2) is 36.6 Å². The molecule has 1 unspecified atom stereocenters. The van der Waals surface area contributed by atoms with Crippen molar-refractivity contribution in [2.45, 2.75) is 19.4 Å². The number of nitrogens with zero attached hydrogens (tertiary/aromatic N) is 2. The van der Waals surface area contributed by atoms with Gasteiger partial charge in [-0.05, 0) is 62.0 Å². The summed E-state index contributed by atoms with van der Waals surface area (Å²) in [5.41, 5.74) is 1.35. The molecule has 2 aromatic rings. The molecule has 3 heteroatoms. The van der Waals surface area contributed by atoms with E-state index >= 15 is 0 Å². The summed E-state index contributed by atoms with van der Waals surface area (Å²) in [6.07, 6.45) is 6.48. The minimum absolute atomic E-state index is 0.804. The number of hydrogen-bond donors (Lipinski definition) is 1. The van der Waals surface area contributed by atoms with Gasteiger partial charge in [-0.3, -0.25) is 4.98 Å². The van der Waals surface area contributed by atoms with Gasteiger partial charge in [0.15, 0.2) is 0 Å². The number of benzene rings is 1. The molecule has 1 aliphatic heterocycles. The Labute approximate surface area is 121 Å². The van der Waals surface area contributed by atoms with Crippen LogP contribution in [0.3, 0.4) is 0 Å². The highest BCUT2D eigenvalue weighted by atomic mass is 15.1. The third kappa shape index (κ3) is 3.35. The Morgan fingerprint density at radius 1 is 1.30 bits per heavy atom. The lowest BCUT2D eigenvalue weighted by molar-refractivity contribution is 0.206. The third-order valence-corrected chi connectivity index (χ3v) is 4.19. The first-order valence-corrected chi connectivity index (χ1v) is 7.53. The molecule has 0 amide bonds. The van der Waals surface area contributed by atoms with Crippen molar-refractivity contribution in [2.75, 3.05) is 26.7 Å². The Kier molecular flexibility index (Phi) is 4.28. The fraction of sp³-hybridized carbons (Fsp3) is 0.471. The predicted octanol–water partition coefficient (Wildman–Crippen LogP) is 2.67. The number of rotatable bonds is 4. The van der Waals surface area contributed by atoms with Crippen LogP contribution in [-0.2, 0) is 6.54 Å². The lowest BCUT2D eigenvalue weighted by atomic mass is 9.98. The molecule has 106 valence electrons. The Bertz CT molecular complexity index is 567. The van der Waals surface area contributed by atoms with Crippen LogP contribution in [0.2, 0.25) is 0 Å². The van der Waals surface area contributed by atoms with Gasteiger partial charge in [-0.2, -0.15) is 0 Å². The predicted molar refractivity (Wildman–Crippen MR) is 83.7 cm³/mol. The summed E-state index contributed by atoms with van der Waals surface area (Å²) in [6, 6.07) is 8.70. The van der Waals surface area contributed by atoms with E-state index in [9.17, 15) is 0 Å². The normalized spacial score (nSPS) is 20.4. The zero-order valence-electron chi connectivity index (χ0n) is 12.2. The van der Waals surface area contributed by atoms with Crippen LogP contribution in [0.5, 0.6) is 0 Å². The monoisotopic (exact) mass is 269 g/mol. The summed E-state index contributed by atoms with van der Waals surface area (Å²) >= 11 is 0. The second-order valence-corrected chi connectivity index (χ2v) is 5.96. The second-order valence-electron chi connectivity index (χ2n) is 5.96. The molecule has 1 saturated heterocycles. The summed E-state index contributed by atoms with van der Waals surface area (Å²) in [4.78, 5) is 6.60. The second kappa shape index (κ2) is 6.33. The maximum absolute atomic E-state index is 4.15. The van der Waals surface area contributed by atoms with Crippen molar-refractivity contribution in [1.82, 2.24) is 15.2 Å². The number of fused-ring (bicyclic) bond motifs is 1. The molecule has 0 radical (unpaired) electrons. The molecule has 0 aliphatic carbocycles. The molecule has 1 aromatic heterocycles. The van der Waals surface area contributed by atoms with E-state index in [1.54, 1.807) is 0 Å². The van der Waals surface area contributed by atoms with E-state index in [4.69, 9.17) is 0 Å². The van der Waals surface area contributed by atoms with Gasteiger partial charge in [-0.15, -0.1) is 0 Å². The first-order valence-electron chi connectivity index (χ1n) is 7.53. The molecule has 1 aliphatic rings. The number of aromatic nitrogens is 1. The van der Waals surface area contributed by atoms with E-state index in [0.29, 0.717) is 0 Å². The lowest BCUT2D eigenvalue weighted by Gasteiger charge is -2.29. The molecule has 0 bridgehead atoms. The van der Waals surface area contributed by atoms with Gasteiger partial charge >= 0.3 is 0 Å². The van der Waals surface area contributed by atoms with Gasteiger partial charge in [-0.25, -0.2) is 0 Å². The maximum atomic E-state index is 4.15. The summed E-state index contributed by atoms with van der Waals surface area (Å²) in [7, 11) is 2.23. The van der Waals surface area contributed by atoms with E-state index in [1.165, 1.54) is 42.3 Å². The highest BCUT2D eigenvalue weighted by Gasteiger charge is 2.16. The zero-order chi connectivity index (χ0) is 13.8. The van der Waals surface area contributed by atoms with Crippen molar-refractivity contribution in [3.8, 4) is 0 Å². The van der Waals surface area contributed by atoms with E-state index < -0.39 is 0 Å². The molecule has 3 nitrogen and oxygen atoms in total. The van der Waals surface area contributed by atoms with Crippen LogP contribution in [0.4, 0.5) is 0 Å². The fourth-order valence-electron chi connectivity index (χ4n) is 3.10. The van der Waals surface area contributed by atoms with Gasteiger partial charge in [0.05, 0.1) is 0 Å². The molecule has 1 atom stereocenters. The summed E-state index contributed by atoms with van der Waals surface area (Å²) in [5.74, 6) is 0.804. The molecule has 0 saturated carbocycles. The molecule has 1 fully saturated rings. The lowest BCUT2D eigenvalue weighted by Crippen LogP contribution is -2.37. The minimum Gasteiger partial charge on any atom is -0.312 e. The molecule has 2 heterocycles. The maximum Gasteiger partial charge on any atom is 0.0346 e. The van der Waals surface area contributed by atoms with Crippen LogP contribution < -0.4 is 5.32 Å². The van der Waals surface area contributed by atoms with Crippen molar-refractivity contribution < 1.29 is 0 Å². The third-order valence-electron chi connectivity index (χ3n) is 4.19.